The molecule has 150 valence electrons. The van der Waals surface area contributed by atoms with E-state index in [1.54, 1.807) is 0 Å². The molecule has 1 saturated heterocycles. The van der Waals surface area contributed by atoms with E-state index in [2.05, 4.69) is 83.8 Å². The average Bonchev–Trinajstić information content (AvgIpc) is 3.10. The van der Waals surface area contributed by atoms with Gasteiger partial charge in [-0.3, -0.25) is 4.90 Å². The van der Waals surface area contributed by atoms with Crippen molar-refractivity contribution >= 4 is 8.24 Å². The Kier molecular flexibility index (Phi) is 12.4. The van der Waals surface area contributed by atoms with Crippen LogP contribution in [-0.2, 0) is 0 Å². The third-order valence-corrected chi connectivity index (χ3v) is 9.93. The Morgan fingerprint density at radius 3 is 1.89 bits per heavy atom. The van der Waals surface area contributed by atoms with Gasteiger partial charge in [0.05, 0.1) is 0 Å². The van der Waals surface area contributed by atoms with Gasteiger partial charge >= 0.3 is 37.7 Å². The standard InChI is InChI=1S/C20H35N2Si.C3H8.2Li/c1-15-18(22-13-9-10-14-22)16-11-7-8-12-17(16)19(15)23(5,6)21-20(2,3)4;1-3-2;;/h7-8,11-12,15-19H,9-10,13-14H2,1-6H3;3H2,1-2H3;;/q-1;;2*+1. The van der Waals surface area contributed by atoms with Crippen molar-refractivity contribution < 1.29 is 37.7 Å². The molecule has 0 radical (unpaired) electrons. The first-order chi connectivity index (χ1) is 12.1. The van der Waals surface area contributed by atoms with E-state index in [-0.39, 0.29) is 43.3 Å². The predicted molar refractivity (Wildman–Crippen MR) is 119 cm³/mol. The zero-order chi connectivity index (χ0) is 19.5. The van der Waals surface area contributed by atoms with E-state index in [1.165, 1.54) is 32.4 Å². The number of fused-ring (bicyclic) bond motifs is 1. The third-order valence-electron chi connectivity index (χ3n) is 6.14. The van der Waals surface area contributed by atoms with Crippen LogP contribution in [0.3, 0.4) is 0 Å². The largest absolute Gasteiger partial charge is 1.00 e. The van der Waals surface area contributed by atoms with E-state index in [0.29, 0.717) is 11.8 Å². The minimum absolute atomic E-state index is 0. The van der Waals surface area contributed by atoms with Crippen LogP contribution in [0, 0.1) is 17.8 Å². The van der Waals surface area contributed by atoms with Crippen LogP contribution in [-0.4, -0.2) is 37.8 Å². The molecule has 0 spiro atoms. The third kappa shape index (κ3) is 6.92. The molecule has 1 saturated carbocycles. The van der Waals surface area contributed by atoms with Crippen LogP contribution >= 0.6 is 0 Å². The van der Waals surface area contributed by atoms with E-state index >= 15 is 0 Å². The van der Waals surface area contributed by atoms with E-state index in [0.717, 1.165) is 17.5 Å². The summed E-state index contributed by atoms with van der Waals surface area (Å²) >= 11 is 0. The smallest absolute Gasteiger partial charge is 0.660 e. The maximum absolute atomic E-state index is 5.39. The Hall–Kier alpha value is 0.812. The van der Waals surface area contributed by atoms with Gasteiger partial charge in [0.2, 0.25) is 0 Å². The minimum Gasteiger partial charge on any atom is -0.660 e. The van der Waals surface area contributed by atoms with Gasteiger partial charge in [-0.15, -0.1) is 5.54 Å². The molecule has 3 aliphatic rings. The van der Waals surface area contributed by atoms with Gasteiger partial charge in [0.15, 0.2) is 0 Å². The summed E-state index contributed by atoms with van der Waals surface area (Å²) in [6.07, 6.45) is 13.6. The van der Waals surface area contributed by atoms with Crippen molar-refractivity contribution in [3.8, 4) is 0 Å². The van der Waals surface area contributed by atoms with Gasteiger partial charge in [0.1, 0.15) is 0 Å². The van der Waals surface area contributed by atoms with Gasteiger partial charge in [-0.25, -0.2) is 0 Å². The van der Waals surface area contributed by atoms with Crippen molar-refractivity contribution in [1.29, 1.82) is 0 Å². The molecule has 0 N–H and O–H groups in total. The van der Waals surface area contributed by atoms with Crippen LogP contribution in [0.1, 0.15) is 60.8 Å². The molecular formula is C23H43Li2N2Si+. The van der Waals surface area contributed by atoms with Crippen LogP contribution in [0.5, 0.6) is 0 Å². The molecule has 1 heterocycles. The van der Waals surface area contributed by atoms with Crippen LogP contribution in [0.2, 0.25) is 18.6 Å². The zero-order valence-corrected chi connectivity index (χ0v) is 21.6. The molecule has 5 atom stereocenters. The monoisotopic (exact) mass is 389 g/mol. The first-order valence-corrected chi connectivity index (χ1v) is 14.0. The molecule has 3 rings (SSSR count). The number of hydrogen-bond donors (Lipinski definition) is 0. The summed E-state index contributed by atoms with van der Waals surface area (Å²) in [6, 6.07) is 0.732. The maximum Gasteiger partial charge on any atom is 1.00 e. The Morgan fingerprint density at radius 1 is 0.964 bits per heavy atom. The second-order valence-electron chi connectivity index (χ2n) is 10.2. The molecule has 0 aromatic rings. The second kappa shape index (κ2) is 12.0. The normalized spacial score (nSPS) is 32.1. The Balaban J connectivity index is 0.00000137. The Bertz CT molecular complexity index is 507. The van der Waals surface area contributed by atoms with E-state index in [4.69, 9.17) is 4.98 Å². The van der Waals surface area contributed by atoms with Crippen molar-refractivity contribution in [2.45, 2.75) is 91.0 Å². The van der Waals surface area contributed by atoms with E-state index in [9.17, 15) is 0 Å². The molecule has 2 fully saturated rings. The van der Waals surface area contributed by atoms with Crippen LogP contribution in [0.15, 0.2) is 24.3 Å². The Labute approximate surface area is 201 Å². The summed E-state index contributed by atoms with van der Waals surface area (Å²) in [5, 5.41) is 0. The van der Waals surface area contributed by atoms with Gasteiger partial charge < -0.3 is 4.98 Å². The van der Waals surface area contributed by atoms with Crippen LogP contribution in [0.4, 0.5) is 0 Å². The average molecular weight is 390 g/mol. The fourth-order valence-corrected chi connectivity index (χ4v) is 10.6. The van der Waals surface area contributed by atoms with Gasteiger partial charge in [-0.1, -0.05) is 99.1 Å². The summed E-state index contributed by atoms with van der Waals surface area (Å²) in [5.74, 6) is 2.16. The molecule has 28 heavy (non-hydrogen) atoms. The Morgan fingerprint density at radius 2 is 1.43 bits per heavy atom. The molecule has 0 aromatic carbocycles. The molecular weight excluding hydrogens is 346 g/mol. The van der Waals surface area contributed by atoms with Crippen LogP contribution in [0.25, 0.3) is 4.98 Å². The van der Waals surface area contributed by atoms with Crippen molar-refractivity contribution in [3.05, 3.63) is 29.3 Å². The summed E-state index contributed by atoms with van der Waals surface area (Å²) in [6.45, 7) is 21.2. The molecule has 0 amide bonds. The molecule has 5 heteroatoms. The van der Waals surface area contributed by atoms with Gasteiger partial charge in [-0.05, 0) is 43.7 Å². The molecule has 5 unspecified atom stereocenters. The first kappa shape index (κ1) is 28.8. The summed E-state index contributed by atoms with van der Waals surface area (Å²) in [4.78, 5) is 8.19. The fraction of sp³-hybridized carbons (Fsp3) is 0.826. The van der Waals surface area contributed by atoms with E-state index in [1.807, 2.05) is 0 Å². The zero-order valence-electron chi connectivity index (χ0n) is 20.6. The fourth-order valence-electron chi connectivity index (χ4n) is 5.92. The summed E-state index contributed by atoms with van der Waals surface area (Å²) in [7, 11) is -1.66. The quantitative estimate of drug-likeness (QED) is 0.648. The number of likely N-dealkylation sites (tertiary alicyclic amines) is 1. The summed E-state index contributed by atoms with van der Waals surface area (Å²) in [5.41, 5.74) is 0.851. The SMILES string of the molecule is CC1C(N2CCCC2)C2C=CC=CC2C1[Si](C)(C)[N-]C(C)(C)C.CCC.[Li+].[Li+]. The number of allylic oxidation sites excluding steroid dienone is 3. The predicted octanol–water partition coefficient (Wildman–Crippen LogP) is 0.631. The van der Waals surface area contributed by atoms with Crippen molar-refractivity contribution in [3.63, 3.8) is 0 Å². The molecule has 0 bridgehead atoms. The molecule has 0 aromatic heterocycles. The number of hydrogen-bond acceptors (Lipinski definition) is 1. The number of rotatable bonds is 3. The number of nitrogens with zero attached hydrogens (tertiary/aromatic N) is 2. The minimum atomic E-state index is -1.66. The van der Waals surface area contributed by atoms with Crippen molar-refractivity contribution in [2.75, 3.05) is 13.1 Å². The van der Waals surface area contributed by atoms with Gasteiger partial charge in [0.25, 0.3) is 0 Å². The van der Waals surface area contributed by atoms with Gasteiger partial charge in [-0.2, -0.15) is 0 Å². The first-order valence-electron chi connectivity index (χ1n) is 11.0. The maximum atomic E-state index is 5.39. The summed E-state index contributed by atoms with van der Waals surface area (Å²) < 4.78 is 0. The van der Waals surface area contributed by atoms with E-state index < -0.39 is 8.24 Å². The van der Waals surface area contributed by atoms with Crippen molar-refractivity contribution in [1.82, 2.24) is 4.90 Å². The molecule has 2 nitrogen and oxygen atoms in total. The van der Waals surface area contributed by atoms with Crippen molar-refractivity contribution in [2.24, 2.45) is 17.8 Å². The molecule has 2 aliphatic carbocycles. The molecule has 1 aliphatic heterocycles. The van der Waals surface area contributed by atoms with Gasteiger partial charge in [0, 0.05) is 6.04 Å². The second-order valence-corrected chi connectivity index (χ2v) is 14.4. The van der Waals surface area contributed by atoms with Crippen LogP contribution < -0.4 is 37.7 Å². The topological polar surface area (TPSA) is 17.3 Å².